The molecule has 0 fully saturated rings. The van der Waals surface area contributed by atoms with Gasteiger partial charge in [0.25, 0.3) is 0 Å². The van der Waals surface area contributed by atoms with Crippen LogP contribution in [0.4, 0.5) is 0 Å². The highest BCUT2D eigenvalue weighted by molar-refractivity contribution is 14.1. The summed E-state index contributed by atoms with van der Waals surface area (Å²) in [7, 11) is 0. The number of halogens is 1. The van der Waals surface area contributed by atoms with Crippen molar-refractivity contribution >= 4 is 23.0 Å². The summed E-state index contributed by atoms with van der Waals surface area (Å²) in [6.07, 6.45) is 8.13. The highest BCUT2D eigenvalue weighted by Gasteiger charge is 2.07. The molecular weight excluding hydrogens is 335 g/mol. The van der Waals surface area contributed by atoms with Crippen molar-refractivity contribution < 1.29 is 3.07 Å². The minimum absolute atomic E-state index is 0.661. The molecule has 0 N–H and O–H groups in total. The van der Waals surface area contributed by atoms with Crippen LogP contribution in [0.1, 0.15) is 69.4 Å². The molecule has 1 aromatic rings. The van der Waals surface area contributed by atoms with Crippen molar-refractivity contribution in [1.29, 1.82) is 0 Å². The zero-order chi connectivity index (χ0) is 13.4. The van der Waals surface area contributed by atoms with E-state index in [4.69, 9.17) is 3.07 Å². The number of benzene rings is 1. The molecule has 102 valence electrons. The van der Waals surface area contributed by atoms with Crippen LogP contribution in [-0.2, 0) is 0 Å². The summed E-state index contributed by atoms with van der Waals surface area (Å²) in [6.45, 7) is 6.72. The van der Waals surface area contributed by atoms with Gasteiger partial charge in [0.1, 0.15) is 5.75 Å². The smallest absolute Gasteiger partial charge is 0.192 e. The Balaban J connectivity index is 2.41. The lowest BCUT2D eigenvalue weighted by molar-refractivity contribution is 0.566. The Hall–Kier alpha value is -0.250. The minimum atomic E-state index is 0.661. The van der Waals surface area contributed by atoms with Crippen LogP contribution in [0.3, 0.4) is 0 Å². The average molecular weight is 360 g/mol. The molecule has 1 rings (SSSR count). The minimum Gasteiger partial charge on any atom is -0.427 e. The van der Waals surface area contributed by atoms with Crippen molar-refractivity contribution in [1.82, 2.24) is 0 Å². The maximum Gasteiger partial charge on any atom is 0.192 e. The lowest BCUT2D eigenvalue weighted by Crippen LogP contribution is -1.95. The van der Waals surface area contributed by atoms with Gasteiger partial charge >= 0.3 is 0 Å². The molecule has 0 heterocycles. The molecular formula is C16H25IO. The van der Waals surface area contributed by atoms with E-state index in [0.29, 0.717) is 5.92 Å². The Morgan fingerprint density at radius 3 is 2.50 bits per heavy atom. The summed E-state index contributed by atoms with van der Waals surface area (Å²) in [6, 6.07) is 6.56. The van der Waals surface area contributed by atoms with Gasteiger partial charge in [-0.15, -0.1) is 0 Å². The summed E-state index contributed by atoms with van der Waals surface area (Å²) < 4.78 is 5.28. The van der Waals surface area contributed by atoms with E-state index in [-0.39, 0.29) is 0 Å². The Bertz CT molecular complexity index is 349. The molecule has 0 aromatic heterocycles. The molecule has 0 radical (unpaired) electrons. The van der Waals surface area contributed by atoms with E-state index in [1.165, 1.54) is 49.7 Å². The van der Waals surface area contributed by atoms with Crippen LogP contribution in [0.2, 0.25) is 0 Å². The summed E-state index contributed by atoms with van der Waals surface area (Å²) in [4.78, 5) is 0. The molecule has 0 spiro atoms. The van der Waals surface area contributed by atoms with Crippen molar-refractivity contribution in [3.8, 4) is 5.75 Å². The Labute approximate surface area is 126 Å². The lowest BCUT2D eigenvalue weighted by Gasteiger charge is -2.13. The first-order valence-corrected chi connectivity index (χ1v) is 7.96. The van der Waals surface area contributed by atoms with Crippen molar-refractivity contribution in [3.63, 3.8) is 0 Å². The average Bonchev–Trinajstić information content (AvgIpc) is 2.38. The summed E-state index contributed by atoms with van der Waals surface area (Å²) >= 11 is 1.94. The highest BCUT2D eigenvalue weighted by Crippen LogP contribution is 2.27. The molecule has 0 saturated heterocycles. The zero-order valence-corrected chi connectivity index (χ0v) is 14.0. The Morgan fingerprint density at radius 1 is 1.17 bits per heavy atom. The van der Waals surface area contributed by atoms with Crippen LogP contribution in [0.5, 0.6) is 5.75 Å². The van der Waals surface area contributed by atoms with Crippen LogP contribution in [0.15, 0.2) is 18.2 Å². The van der Waals surface area contributed by atoms with Crippen LogP contribution in [0.25, 0.3) is 0 Å². The highest BCUT2D eigenvalue weighted by atomic mass is 127. The molecule has 1 aromatic carbocycles. The predicted octanol–water partition coefficient (Wildman–Crippen LogP) is 6.19. The second kappa shape index (κ2) is 8.78. The van der Waals surface area contributed by atoms with Crippen LogP contribution >= 0.6 is 23.0 Å². The topological polar surface area (TPSA) is 9.23 Å². The normalized spacial score (nSPS) is 12.4. The third-order valence-corrected chi connectivity index (χ3v) is 4.07. The fourth-order valence-corrected chi connectivity index (χ4v) is 2.78. The fourth-order valence-electron chi connectivity index (χ4n) is 2.29. The van der Waals surface area contributed by atoms with Gasteiger partial charge in [0.05, 0.1) is 0 Å². The van der Waals surface area contributed by atoms with Crippen LogP contribution in [-0.4, -0.2) is 0 Å². The second-order valence-electron chi connectivity index (χ2n) is 5.21. The number of rotatable bonds is 8. The molecule has 0 aliphatic rings. The van der Waals surface area contributed by atoms with Gasteiger partial charge in [-0.1, -0.05) is 58.1 Å². The lowest BCUT2D eigenvalue weighted by atomic mass is 9.93. The molecule has 18 heavy (non-hydrogen) atoms. The van der Waals surface area contributed by atoms with Gasteiger partial charge in [-0.05, 0) is 36.5 Å². The number of unbranched alkanes of at least 4 members (excludes halogenated alkanes) is 4. The third kappa shape index (κ3) is 5.17. The van der Waals surface area contributed by atoms with E-state index < -0.39 is 0 Å². The van der Waals surface area contributed by atoms with E-state index in [1.54, 1.807) is 0 Å². The zero-order valence-electron chi connectivity index (χ0n) is 11.8. The molecule has 0 aliphatic heterocycles. The van der Waals surface area contributed by atoms with Gasteiger partial charge in [0, 0.05) is 0 Å². The summed E-state index contributed by atoms with van der Waals surface area (Å²) in [5.41, 5.74) is 2.68. The van der Waals surface area contributed by atoms with Crippen LogP contribution < -0.4 is 3.07 Å². The monoisotopic (exact) mass is 360 g/mol. The number of hydrogen-bond donors (Lipinski definition) is 0. The first-order chi connectivity index (χ1) is 8.69. The van der Waals surface area contributed by atoms with E-state index in [2.05, 4.69) is 39.0 Å². The van der Waals surface area contributed by atoms with Crippen molar-refractivity contribution in [2.24, 2.45) is 0 Å². The molecule has 1 atom stereocenters. The fraction of sp³-hybridized carbons (Fsp3) is 0.625. The van der Waals surface area contributed by atoms with Gasteiger partial charge in [-0.2, -0.15) is 0 Å². The summed E-state index contributed by atoms with van der Waals surface area (Å²) in [5.74, 6) is 1.64. The molecule has 0 aliphatic carbocycles. The molecule has 0 saturated carbocycles. The van der Waals surface area contributed by atoms with E-state index in [0.717, 1.165) is 5.75 Å². The SMILES string of the molecule is CCCCCCC[C@@H](C)c1ccc(OI)c(C)c1. The van der Waals surface area contributed by atoms with E-state index >= 15 is 0 Å². The first-order valence-electron chi connectivity index (χ1n) is 7.08. The molecule has 2 heteroatoms. The van der Waals surface area contributed by atoms with Gasteiger partial charge in [0.2, 0.25) is 0 Å². The molecule has 1 nitrogen and oxygen atoms in total. The first kappa shape index (κ1) is 15.8. The molecule has 0 bridgehead atoms. The van der Waals surface area contributed by atoms with Crippen LogP contribution in [0, 0.1) is 6.92 Å². The van der Waals surface area contributed by atoms with Gasteiger partial charge < -0.3 is 3.07 Å². The van der Waals surface area contributed by atoms with E-state index in [1.807, 2.05) is 23.0 Å². The molecule has 0 unspecified atom stereocenters. The number of aryl methyl sites for hydroxylation is 1. The van der Waals surface area contributed by atoms with Crippen molar-refractivity contribution in [2.45, 2.75) is 65.2 Å². The van der Waals surface area contributed by atoms with Crippen molar-refractivity contribution in [2.75, 3.05) is 0 Å². The largest absolute Gasteiger partial charge is 0.427 e. The second-order valence-corrected chi connectivity index (χ2v) is 5.65. The van der Waals surface area contributed by atoms with Crippen molar-refractivity contribution in [3.05, 3.63) is 29.3 Å². The molecule has 0 amide bonds. The van der Waals surface area contributed by atoms with Gasteiger partial charge in [-0.3, -0.25) is 0 Å². The summed E-state index contributed by atoms with van der Waals surface area (Å²) in [5, 5.41) is 0. The predicted molar refractivity (Wildman–Crippen MR) is 87.6 cm³/mol. The number of hydrogen-bond acceptors (Lipinski definition) is 1. The quantitative estimate of drug-likeness (QED) is 0.397. The van der Waals surface area contributed by atoms with E-state index in [9.17, 15) is 0 Å². The Kier molecular flexibility index (Phi) is 7.71. The van der Waals surface area contributed by atoms with Gasteiger partial charge in [0.15, 0.2) is 23.0 Å². The standard InChI is InChI=1S/C16H25IO/c1-4-5-6-7-8-9-13(2)15-10-11-16(18-17)14(3)12-15/h10-13H,4-9H2,1-3H3/t13-/m1/s1. The maximum atomic E-state index is 5.28. The Morgan fingerprint density at radius 2 is 1.89 bits per heavy atom. The van der Waals surface area contributed by atoms with Gasteiger partial charge in [-0.25, -0.2) is 0 Å². The maximum absolute atomic E-state index is 5.28. The third-order valence-electron chi connectivity index (χ3n) is 3.59.